The zero-order chi connectivity index (χ0) is 17.3. The van der Waals surface area contributed by atoms with Gasteiger partial charge in [-0.2, -0.15) is 0 Å². The molecule has 2 heterocycles. The third-order valence-electron chi connectivity index (χ3n) is 4.81. The van der Waals surface area contributed by atoms with Crippen LogP contribution in [0.5, 0.6) is 0 Å². The minimum atomic E-state index is 0.137. The summed E-state index contributed by atoms with van der Waals surface area (Å²) in [6.45, 7) is 13.5. The predicted octanol–water partition coefficient (Wildman–Crippen LogP) is 7.40. The minimum absolute atomic E-state index is 0.137. The Bertz CT molecular complexity index is 977. The first-order chi connectivity index (χ1) is 11.1. The highest BCUT2D eigenvalue weighted by atomic mass is 32.1. The van der Waals surface area contributed by atoms with Crippen molar-refractivity contribution >= 4 is 42.7 Å². The van der Waals surface area contributed by atoms with Gasteiger partial charge in [0.2, 0.25) is 0 Å². The third-order valence-corrected chi connectivity index (χ3v) is 5.98. The van der Waals surface area contributed by atoms with Gasteiger partial charge in [-0.1, -0.05) is 53.7 Å². The number of thiophene rings is 1. The second kappa shape index (κ2) is 4.86. The minimum Gasteiger partial charge on any atom is -0.454 e. The van der Waals surface area contributed by atoms with E-state index in [1.54, 1.807) is 0 Å². The van der Waals surface area contributed by atoms with Crippen LogP contribution in [0.1, 0.15) is 52.7 Å². The summed E-state index contributed by atoms with van der Waals surface area (Å²) in [5.74, 6) is 0. The molecule has 0 spiro atoms. The lowest BCUT2D eigenvalue weighted by Gasteiger charge is -2.18. The molecule has 2 aromatic carbocycles. The molecular formula is C22H24OS. The van der Waals surface area contributed by atoms with Crippen LogP contribution < -0.4 is 0 Å². The monoisotopic (exact) mass is 336 g/mol. The van der Waals surface area contributed by atoms with Crippen molar-refractivity contribution in [3.8, 4) is 0 Å². The van der Waals surface area contributed by atoms with Crippen LogP contribution in [0, 0.1) is 0 Å². The summed E-state index contributed by atoms with van der Waals surface area (Å²) in [4.78, 5) is 0. The van der Waals surface area contributed by atoms with Gasteiger partial charge in [-0.25, -0.2) is 0 Å². The maximum Gasteiger partial charge on any atom is 0.154 e. The van der Waals surface area contributed by atoms with Crippen LogP contribution in [0.15, 0.2) is 40.8 Å². The second-order valence-electron chi connectivity index (χ2n) is 8.78. The predicted molar refractivity (Wildman–Crippen MR) is 107 cm³/mol. The molecule has 0 saturated carbocycles. The Kier molecular flexibility index (Phi) is 3.18. The Labute approximate surface area is 147 Å². The highest BCUT2D eigenvalue weighted by Gasteiger charge is 2.20. The van der Waals surface area contributed by atoms with E-state index in [0.29, 0.717) is 0 Å². The Morgan fingerprint density at radius 3 is 1.96 bits per heavy atom. The Morgan fingerprint density at radius 2 is 1.33 bits per heavy atom. The van der Waals surface area contributed by atoms with Crippen LogP contribution in [-0.2, 0) is 10.8 Å². The van der Waals surface area contributed by atoms with Gasteiger partial charge in [0.05, 0.1) is 4.70 Å². The topological polar surface area (TPSA) is 13.1 Å². The molecule has 0 aliphatic heterocycles. The van der Waals surface area contributed by atoms with Crippen LogP contribution in [-0.4, -0.2) is 0 Å². The Hall–Kier alpha value is -1.80. The smallest absolute Gasteiger partial charge is 0.154 e. The number of hydrogen-bond donors (Lipinski definition) is 0. The molecule has 4 rings (SSSR count). The molecule has 4 aromatic rings. The largest absolute Gasteiger partial charge is 0.454 e. The van der Waals surface area contributed by atoms with Gasteiger partial charge in [-0.05, 0) is 46.2 Å². The van der Waals surface area contributed by atoms with E-state index in [-0.39, 0.29) is 10.8 Å². The van der Waals surface area contributed by atoms with Crippen molar-refractivity contribution in [2.75, 3.05) is 0 Å². The van der Waals surface area contributed by atoms with E-state index >= 15 is 0 Å². The molecular weight excluding hydrogens is 312 g/mol. The quantitative estimate of drug-likeness (QED) is 0.326. The molecule has 0 aliphatic carbocycles. The summed E-state index contributed by atoms with van der Waals surface area (Å²) < 4.78 is 8.86. The van der Waals surface area contributed by atoms with Crippen LogP contribution in [0.4, 0.5) is 0 Å². The lowest BCUT2D eigenvalue weighted by Crippen LogP contribution is -2.10. The zero-order valence-electron chi connectivity index (χ0n) is 15.3. The van der Waals surface area contributed by atoms with E-state index in [9.17, 15) is 0 Å². The summed E-state index contributed by atoms with van der Waals surface area (Å²) in [5, 5.41) is 2.47. The number of hydrogen-bond acceptors (Lipinski definition) is 2. The van der Waals surface area contributed by atoms with Gasteiger partial charge in [0, 0.05) is 15.5 Å². The third kappa shape index (κ3) is 2.36. The van der Waals surface area contributed by atoms with Crippen LogP contribution in [0.3, 0.4) is 0 Å². The molecule has 0 radical (unpaired) electrons. The van der Waals surface area contributed by atoms with Crippen LogP contribution in [0.2, 0.25) is 0 Å². The number of rotatable bonds is 0. The van der Waals surface area contributed by atoms with Crippen molar-refractivity contribution in [2.45, 2.75) is 52.4 Å². The molecule has 0 N–H and O–H groups in total. The van der Waals surface area contributed by atoms with Gasteiger partial charge in [0.25, 0.3) is 0 Å². The molecule has 24 heavy (non-hydrogen) atoms. The van der Waals surface area contributed by atoms with Crippen molar-refractivity contribution in [3.63, 3.8) is 0 Å². The van der Waals surface area contributed by atoms with Gasteiger partial charge in [0.15, 0.2) is 5.58 Å². The fourth-order valence-electron chi connectivity index (χ4n) is 3.19. The van der Waals surface area contributed by atoms with Gasteiger partial charge >= 0.3 is 0 Å². The molecule has 124 valence electrons. The van der Waals surface area contributed by atoms with Gasteiger partial charge in [-0.3, -0.25) is 0 Å². The second-order valence-corrected chi connectivity index (χ2v) is 9.84. The maximum absolute atomic E-state index is 6.28. The fourth-order valence-corrected chi connectivity index (χ4v) is 4.39. The maximum atomic E-state index is 6.28. The number of fused-ring (bicyclic) bond motifs is 5. The molecule has 1 nitrogen and oxygen atoms in total. The molecule has 0 bridgehead atoms. The Balaban J connectivity index is 1.98. The zero-order valence-corrected chi connectivity index (χ0v) is 16.1. The summed E-state index contributed by atoms with van der Waals surface area (Å²) in [6, 6.07) is 13.5. The Morgan fingerprint density at radius 1 is 0.750 bits per heavy atom. The van der Waals surface area contributed by atoms with E-state index in [0.717, 1.165) is 11.2 Å². The van der Waals surface area contributed by atoms with Crippen LogP contribution in [0.25, 0.3) is 31.3 Å². The first-order valence-electron chi connectivity index (χ1n) is 8.54. The summed E-state index contributed by atoms with van der Waals surface area (Å²) in [7, 11) is 0. The van der Waals surface area contributed by atoms with Crippen molar-refractivity contribution in [3.05, 3.63) is 47.5 Å². The average Bonchev–Trinajstić information content (AvgIpc) is 2.99. The highest BCUT2D eigenvalue weighted by molar-refractivity contribution is 7.26. The van der Waals surface area contributed by atoms with Gasteiger partial charge < -0.3 is 4.42 Å². The van der Waals surface area contributed by atoms with E-state index in [4.69, 9.17) is 4.42 Å². The molecule has 0 saturated heterocycles. The molecule has 2 aromatic heterocycles. The molecule has 0 amide bonds. The van der Waals surface area contributed by atoms with Crippen molar-refractivity contribution in [1.29, 1.82) is 0 Å². The van der Waals surface area contributed by atoms with Crippen molar-refractivity contribution < 1.29 is 4.42 Å². The van der Waals surface area contributed by atoms with E-state index in [2.05, 4.69) is 77.9 Å². The van der Waals surface area contributed by atoms with Crippen molar-refractivity contribution in [2.24, 2.45) is 0 Å². The van der Waals surface area contributed by atoms with E-state index < -0.39 is 0 Å². The molecule has 0 fully saturated rings. The first kappa shape index (κ1) is 15.7. The summed E-state index contributed by atoms with van der Waals surface area (Å²) >= 11 is 1.85. The number of furan rings is 1. The van der Waals surface area contributed by atoms with Crippen LogP contribution >= 0.6 is 11.3 Å². The normalized spacial score (nSPS) is 13.4. The molecule has 0 atom stereocenters. The van der Waals surface area contributed by atoms with Crippen molar-refractivity contribution in [1.82, 2.24) is 0 Å². The fraction of sp³-hybridized carbons (Fsp3) is 0.364. The highest BCUT2D eigenvalue weighted by Crippen LogP contribution is 2.42. The van der Waals surface area contributed by atoms with E-state index in [1.807, 2.05) is 11.3 Å². The lowest BCUT2D eigenvalue weighted by atomic mass is 9.87. The average molecular weight is 337 g/mol. The summed E-state index contributed by atoms with van der Waals surface area (Å²) in [5.41, 5.74) is 5.04. The lowest BCUT2D eigenvalue weighted by molar-refractivity contribution is 0.588. The van der Waals surface area contributed by atoms with E-state index in [1.165, 1.54) is 31.3 Å². The SMILES string of the molecule is CC(C)(C)c1ccc2c(c1)oc1c3ccc(C(C)(C)C)cc3sc21. The molecule has 0 aliphatic rings. The van der Waals surface area contributed by atoms with Gasteiger partial charge in [-0.15, -0.1) is 11.3 Å². The standard InChI is InChI=1S/C22H24OS/c1-21(2,3)13-7-9-15-17(11-13)23-19-16-10-8-14(22(4,5)6)12-18(16)24-20(15)19/h7-12H,1-6H3. The molecule has 2 heteroatoms. The van der Waals surface area contributed by atoms with Gasteiger partial charge in [0.1, 0.15) is 5.58 Å². The summed E-state index contributed by atoms with van der Waals surface area (Å²) in [6.07, 6.45) is 0. The molecule has 0 unspecified atom stereocenters. The first-order valence-corrected chi connectivity index (χ1v) is 9.36. The number of benzene rings is 2.